The Bertz CT molecular complexity index is 424. The van der Waals surface area contributed by atoms with Gasteiger partial charge in [0.25, 0.3) is 0 Å². The lowest BCUT2D eigenvalue weighted by atomic mass is 10.2. The van der Waals surface area contributed by atoms with Crippen molar-refractivity contribution in [1.29, 1.82) is 0 Å². The summed E-state index contributed by atoms with van der Waals surface area (Å²) in [5, 5.41) is 0. The Labute approximate surface area is 111 Å². The molecule has 3 nitrogen and oxygen atoms in total. The van der Waals surface area contributed by atoms with Crippen LogP contribution < -0.4 is 4.90 Å². The Morgan fingerprint density at radius 1 is 1.35 bits per heavy atom. The van der Waals surface area contributed by atoms with Crippen molar-refractivity contribution in [1.82, 2.24) is 0 Å². The van der Waals surface area contributed by atoms with Gasteiger partial charge in [-0.05, 0) is 61.3 Å². The highest BCUT2D eigenvalue weighted by Gasteiger charge is 2.21. The first-order valence-corrected chi connectivity index (χ1v) is 6.23. The standard InChI is InChI=1S/C13H18BrNO2/c1-9-6-7-11(10(14)8-9)15(5)12(16)17-13(2,3)4/h6-8H,1-5H3. The molecule has 0 aliphatic heterocycles. The molecule has 0 fully saturated rings. The quantitative estimate of drug-likeness (QED) is 0.780. The maximum atomic E-state index is 11.9. The predicted molar refractivity (Wildman–Crippen MR) is 73.5 cm³/mol. The summed E-state index contributed by atoms with van der Waals surface area (Å²) < 4.78 is 6.19. The lowest BCUT2D eigenvalue weighted by molar-refractivity contribution is 0.0589. The van der Waals surface area contributed by atoms with E-state index in [9.17, 15) is 4.79 Å². The second-order valence-corrected chi connectivity index (χ2v) is 5.85. The zero-order valence-electron chi connectivity index (χ0n) is 10.9. The van der Waals surface area contributed by atoms with E-state index >= 15 is 0 Å². The van der Waals surface area contributed by atoms with Crippen LogP contribution in [0.1, 0.15) is 26.3 Å². The second-order valence-electron chi connectivity index (χ2n) is 4.99. The van der Waals surface area contributed by atoms with E-state index in [1.807, 2.05) is 45.9 Å². The minimum Gasteiger partial charge on any atom is -0.443 e. The molecule has 4 heteroatoms. The van der Waals surface area contributed by atoms with Gasteiger partial charge in [0, 0.05) is 11.5 Å². The SMILES string of the molecule is Cc1ccc(N(C)C(=O)OC(C)(C)C)c(Br)c1. The van der Waals surface area contributed by atoms with Crippen LogP contribution in [0.2, 0.25) is 0 Å². The summed E-state index contributed by atoms with van der Waals surface area (Å²) in [7, 11) is 1.70. The number of carbonyl (C=O) groups is 1. The van der Waals surface area contributed by atoms with Gasteiger partial charge in [-0.15, -0.1) is 0 Å². The number of aryl methyl sites for hydroxylation is 1. The molecule has 1 aromatic carbocycles. The van der Waals surface area contributed by atoms with E-state index in [1.165, 1.54) is 4.90 Å². The number of carbonyl (C=O) groups excluding carboxylic acids is 1. The van der Waals surface area contributed by atoms with Crippen molar-refractivity contribution in [3.05, 3.63) is 28.2 Å². The van der Waals surface area contributed by atoms with E-state index in [2.05, 4.69) is 15.9 Å². The Morgan fingerprint density at radius 2 is 1.94 bits per heavy atom. The molecule has 0 aliphatic carbocycles. The molecule has 0 saturated carbocycles. The van der Waals surface area contributed by atoms with E-state index in [0.717, 1.165) is 15.7 Å². The second kappa shape index (κ2) is 5.08. The highest BCUT2D eigenvalue weighted by atomic mass is 79.9. The van der Waals surface area contributed by atoms with Gasteiger partial charge in [-0.1, -0.05) is 6.07 Å². The number of amides is 1. The molecule has 0 saturated heterocycles. The van der Waals surface area contributed by atoms with E-state index < -0.39 is 5.60 Å². The van der Waals surface area contributed by atoms with Crippen molar-refractivity contribution in [3.63, 3.8) is 0 Å². The smallest absolute Gasteiger partial charge is 0.414 e. The average molecular weight is 300 g/mol. The van der Waals surface area contributed by atoms with Crippen LogP contribution in [-0.2, 0) is 4.74 Å². The summed E-state index contributed by atoms with van der Waals surface area (Å²) in [6, 6.07) is 5.82. The molecule has 1 rings (SSSR count). The van der Waals surface area contributed by atoms with Crippen LogP contribution in [0.4, 0.5) is 10.5 Å². The molecular weight excluding hydrogens is 282 g/mol. The molecule has 0 atom stereocenters. The lowest BCUT2D eigenvalue weighted by Gasteiger charge is -2.25. The summed E-state index contributed by atoms with van der Waals surface area (Å²) >= 11 is 3.45. The summed E-state index contributed by atoms with van der Waals surface area (Å²) in [6.45, 7) is 7.55. The van der Waals surface area contributed by atoms with E-state index in [0.29, 0.717) is 0 Å². The number of hydrogen-bond acceptors (Lipinski definition) is 2. The normalized spacial score (nSPS) is 11.2. The molecule has 0 radical (unpaired) electrons. The fourth-order valence-corrected chi connectivity index (χ4v) is 2.07. The lowest BCUT2D eigenvalue weighted by Crippen LogP contribution is -2.34. The summed E-state index contributed by atoms with van der Waals surface area (Å²) in [5.74, 6) is 0. The first-order chi connectivity index (χ1) is 7.70. The van der Waals surface area contributed by atoms with Gasteiger partial charge in [0.2, 0.25) is 0 Å². The number of benzene rings is 1. The number of hydrogen-bond donors (Lipinski definition) is 0. The third-order valence-corrected chi connectivity index (χ3v) is 2.77. The molecule has 1 amide bonds. The number of nitrogens with zero attached hydrogens (tertiary/aromatic N) is 1. The summed E-state index contributed by atoms with van der Waals surface area (Å²) in [6.07, 6.45) is -0.359. The number of rotatable bonds is 1. The number of ether oxygens (including phenoxy) is 1. The molecule has 1 aromatic rings. The minimum absolute atomic E-state index is 0.359. The first kappa shape index (κ1) is 14.0. The van der Waals surface area contributed by atoms with Crippen LogP contribution >= 0.6 is 15.9 Å². The van der Waals surface area contributed by atoms with Crippen LogP contribution in [0.15, 0.2) is 22.7 Å². The fourth-order valence-electron chi connectivity index (χ4n) is 1.31. The van der Waals surface area contributed by atoms with Gasteiger partial charge in [-0.25, -0.2) is 4.79 Å². The zero-order chi connectivity index (χ0) is 13.2. The largest absolute Gasteiger partial charge is 0.443 e. The summed E-state index contributed by atoms with van der Waals surface area (Å²) in [5.41, 5.74) is 1.45. The van der Waals surface area contributed by atoms with Crippen LogP contribution in [0, 0.1) is 6.92 Å². The highest BCUT2D eigenvalue weighted by Crippen LogP contribution is 2.27. The maximum absolute atomic E-state index is 11.9. The average Bonchev–Trinajstić information content (AvgIpc) is 2.14. The molecular formula is C13H18BrNO2. The number of anilines is 1. The summed E-state index contributed by atoms with van der Waals surface area (Å²) in [4.78, 5) is 13.4. The molecule has 0 aliphatic rings. The monoisotopic (exact) mass is 299 g/mol. The van der Waals surface area contributed by atoms with Crippen LogP contribution in [0.3, 0.4) is 0 Å². The van der Waals surface area contributed by atoms with Crippen molar-refractivity contribution in [2.75, 3.05) is 11.9 Å². The van der Waals surface area contributed by atoms with Gasteiger partial charge < -0.3 is 4.74 Å². The molecule has 0 spiro atoms. The van der Waals surface area contributed by atoms with Gasteiger partial charge in [-0.3, -0.25) is 4.90 Å². The van der Waals surface area contributed by atoms with Crippen molar-refractivity contribution < 1.29 is 9.53 Å². The van der Waals surface area contributed by atoms with Gasteiger partial charge >= 0.3 is 6.09 Å². The Kier molecular flexibility index (Phi) is 4.20. The number of halogens is 1. The third kappa shape index (κ3) is 4.04. The molecule has 0 heterocycles. The minimum atomic E-state index is -0.484. The van der Waals surface area contributed by atoms with Crippen molar-refractivity contribution in [3.8, 4) is 0 Å². The third-order valence-electron chi connectivity index (χ3n) is 2.13. The van der Waals surface area contributed by atoms with E-state index in [1.54, 1.807) is 7.05 Å². The van der Waals surface area contributed by atoms with Gasteiger partial charge in [-0.2, -0.15) is 0 Å². The van der Waals surface area contributed by atoms with Gasteiger partial charge in [0.05, 0.1) is 5.69 Å². The highest BCUT2D eigenvalue weighted by molar-refractivity contribution is 9.10. The molecule has 17 heavy (non-hydrogen) atoms. The van der Waals surface area contributed by atoms with Gasteiger partial charge in [0.15, 0.2) is 0 Å². The molecule has 94 valence electrons. The molecule has 0 unspecified atom stereocenters. The zero-order valence-corrected chi connectivity index (χ0v) is 12.5. The van der Waals surface area contributed by atoms with Crippen molar-refractivity contribution >= 4 is 27.7 Å². The Hall–Kier alpha value is -1.03. The predicted octanol–water partition coefficient (Wildman–Crippen LogP) is 4.13. The molecule has 0 bridgehead atoms. The topological polar surface area (TPSA) is 29.5 Å². The van der Waals surface area contributed by atoms with Crippen LogP contribution in [0.25, 0.3) is 0 Å². The van der Waals surface area contributed by atoms with E-state index in [4.69, 9.17) is 4.74 Å². The first-order valence-electron chi connectivity index (χ1n) is 5.43. The molecule has 0 aromatic heterocycles. The van der Waals surface area contributed by atoms with Crippen LogP contribution in [-0.4, -0.2) is 18.7 Å². The van der Waals surface area contributed by atoms with E-state index in [-0.39, 0.29) is 6.09 Å². The van der Waals surface area contributed by atoms with Gasteiger partial charge in [0.1, 0.15) is 5.60 Å². The Morgan fingerprint density at radius 3 is 2.41 bits per heavy atom. The Balaban J connectivity index is 2.89. The maximum Gasteiger partial charge on any atom is 0.414 e. The van der Waals surface area contributed by atoms with Crippen molar-refractivity contribution in [2.45, 2.75) is 33.3 Å². The fraction of sp³-hybridized carbons (Fsp3) is 0.462. The van der Waals surface area contributed by atoms with Crippen LogP contribution in [0.5, 0.6) is 0 Å². The molecule has 0 N–H and O–H groups in total. The van der Waals surface area contributed by atoms with Crippen molar-refractivity contribution in [2.24, 2.45) is 0 Å².